The lowest BCUT2D eigenvalue weighted by Crippen LogP contribution is -2.47. The zero-order valence-corrected chi connectivity index (χ0v) is 16.5. The van der Waals surface area contributed by atoms with Crippen molar-refractivity contribution in [3.05, 3.63) is 0 Å². The van der Waals surface area contributed by atoms with Gasteiger partial charge in [0.15, 0.2) is 6.04 Å². The molecule has 0 bridgehead atoms. The third kappa shape index (κ3) is 7.64. The van der Waals surface area contributed by atoms with Gasteiger partial charge in [0.1, 0.15) is 0 Å². The van der Waals surface area contributed by atoms with Gasteiger partial charge in [0, 0.05) is 5.25 Å². The zero-order chi connectivity index (χ0) is 18.8. The SMILES string of the molecule is CCC(O)CC(C)C(CC1CCCCC1)SC(=O)C(NN)C(=O)OC. The van der Waals surface area contributed by atoms with Crippen LogP contribution < -0.4 is 11.3 Å². The summed E-state index contributed by atoms with van der Waals surface area (Å²) in [5.74, 6) is 5.49. The normalized spacial score (nSPS) is 20.5. The summed E-state index contributed by atoms with van der Waals surface area (Å²) in [6, 6.07) is -1.15. The van der Waals surface area contributed by atoms with Gasteiger partial charge in [-0.25, -0.2) is 10.2 Å². The monoisotopic (exact) mass is 374 g/mol. The third-order valence-corrected chi connectivity index (χ3v) is 6.57. The standard InChI is InChI=1S/C18H34N2O4S/c1-4-14(21)10-12(2)15(11-13-8-6-5-7-9-13)25-18(23)16(20-19)17(22)24-3/h12-16,20-21H,4-11,19H2,1-3H3. The van der Waals surface area contributed by atoms with E-state index in [0.717, 1.165) is 6.42 Å². The number of carbonyl (C=O) groups is 2. The molecule has 0 amide bonds. The molecule has 25 heavy (non-hydrogen) atoms. The summed E-state index contributed by atoms with van der Waals surface area (Å²) in [5, 5.41) is 9.75. The predicted octanol–water partition coefficient (Wildman–Crippen LogP) is 2.39. The van der Waals surface area contributed by atoms with Gasteiger partial charge < -0.3 is 9.84 Å². The van der Waals surface area contributed by atoms with Gasteiger partial charge >= 0.3 is 5.97 Å². The second-order valence-corrected chi connectivity index (χ2v) is 8.36. The Morgan fingerprint density at radius 2 is 1.96 bits per heavy atom. The van der Waals surface area contributed by atoms with Crippen LogP contribution in [0, 0.1) is 11.8 Å². The van der Waals surface area contributed by atoms with Crippen LogP contribution >= 0.6 is 11.8 Å². The molecule has 0 aromatic heterocycles. The molecule has 146 valence electrons. The first-order valence-electron chi connectivity index (χ1n) is 9.35. The number of rotatable bonds is 10. The molecular weight excluding hydrogens is 340 g/mol. The van der Waals surface area contributed by atoms with Crippen LogP contribution in [0.5, 0.6) is 0 Å². The molecular formula is C18H34N2O4S. The number of nitrogens with two attached hydrogens (primary N) is 1. The molecule has 4 N–H and O–H groups in total. The molecule has 6 nitrogen and oxygen atoms in total. The van der Waals surface area contributed by atoms with E-state index < -0.39 is 12.0 Å². The summed E-state index contributed by atoms with van der Waals surface area (Å²) in [7, 11) is 1.24. The first kappa shape index (κ1) is 22.4. The van der Waals surface area contributed by atoms with Crippen LogP contribution in [0.1, 0.15) is 65.2 Å². The Balaban J connectivity index is 2.77. The zero-order valence-electron chi connectivity index (χ0n) is 15.7. The molecule has 1 aliphatic rings. The number of carbonyl (C=O) groups excluding carboxylic acids is 2. The lowest BCUT2D eigenvalue weighted by atomic mass is 9.83. The highest BCUT2D eigenvalue weighted by molar-refractivity contribution is 8.14. The number of nitrogens with one attached hydrogen (secondary N) is 1. The van der Waals surface area contributed by atoms with Crippen LogP contribution in [0.25, 0.3) is 0 Å². The molecule has 1 rings (SSSR count). The maximum atomic E-state index is 12.5. The van der Waals surface area contributed by atoms with E-state index in [-0.39, 0.29) is 22.4 Å². The number of hydrazine groups is 1. The predicted molar refractivity (Wildman–Crippen MR) is 101 cm³/mol. The Labute approximate surface area is 155 Å². The molecule has 4 atom stereocenters. The summed E-state index contributed by atoms with van der Waals surface area (Å²) in [5.41, 5.74) is 2.26. The van der Waals surface area contributed by atoms with Crippen molar-refractivity contribution in [2.75, 3.05) is 7.11 Å². The molecule has 7 heteroatoms. The molecule has 0 aromatic rings. The molecule has 0 aliphatic heterocycles. The average molecular weight is 375 g/mol. The van der Waals surface area contributed by atoms with Crippen LogP contribution in [0.4, 0.5) is 0 Å². The largest absolute Gasteiger partial charge is 0.467 e. The number of methoxy groups -OCH3 is 1. The highest BCUT2D eigenvalue weighted by Gasteiger charge is 2.33. The van der Waals surface area contributed by atoms with E-state index in [2.05, 4.69) is 17.1 Å². The molecule has 1 saturated carbocycles. The van der Waals surface area contributed by atoms with E-state index >= 15 is 0 Å². The van der Waals surface area contributed by atoms with Gasteiger partial charge in [-0.3, -0.25) is 10.6 Å². The van der Waals surface area contributed by atoms with Gasteiger partial charge in [-0.05, 0) is 31.1 Å². The minimum Gasteiger partial charge on any atom is -0.467 e. The molecule has 0 aromatic carbocycles. The molecule has 0 heterocycles. The number of aliphatic hydroxyl groups excluding tert-OH is 1. The van der Waals surface area contributed by atoms with Crippen molar-refractivity contribution in [1.29, 1.82) is 0 Å². The molecule has 0 spiro atoms. The Bertz CT molecular complexity index is 416. The molecule has 1 fully saturated rings. The van der Waals surface area contributed by atoms with Crippen molar-refractivity contribution in [3.63, 3.8) is 0 Å². The van der Waals surface area contributed by atoms with Crippen molar-refractivity contribution in [1.82, 2.24) is 5.43 Å². The lowest BCUT2D eigenvalue weighted by Gasteiger charge is -2.30. The lowest BCUT2D eigenvalue weighted by molar-refractivity contribution is -0.144. The Morgan fingerprint density at radius 1 is 1.32 bits per heavy atom. The second-order valence-electron chi connectivity index (χ2n) is 7.11. The minimum atomic E-state index is -1.15. The summed E-state index contributed by atoms with van der Waals surface area (Å²) >= 11 is 1.18. The van der Waals surface area contributed by atoms with Crippen molar-refractivity contribution in [2.24, 2.45) is 17.7 Å². The quantitative estimate of drug-likeness (QED) is 0.233. The van der Waals surface area contributed by atoms with Gasteiger partial charge in [0.2, 0.25) is 5.12 Å². The number of esters is 1. The first-order chi connectivity index (χ1) is 11.9. The van der Waals surface area contributed by atoms with Crippen molar-refractivity contribution in [3.8, 4) is 0 Å². The van der Waals surface area contributed by atoms with Crippen molar-refractivity contribution in [2.45, 2.75) is 82.6 Å². The summed E-state index contributed by atoms with van der Waals surface area (Å²) in [4.78, 5) is 24.3. The topological polar surface area (TPSA) is 102 Å². The fourth-order valence-electron chi connectivity index (χ4n) is 3.46. The van der Waals surface area contributed by atoms with Crippen molar-refractivity contribution < 1.29 is 19.4 Å². The van der Waals surface area contributed by atoms with Gasteiger partial charge in [-0.15, -0.1) is 0 Å². The van der Waals surface area contributed by atoms with E-state index in [9.17, 15) is 14.7 Å². The van der Waals surface area contributed by atoms with E-state index in [1.165, 1.54) is 51.0 Å². The molecule has 0 saturated heterocycles. The number of hydrogen-bond donors (Lipinski definition) is 3. The van der Waals surface area contributed by atoms with E-state index in [0.29, 0.717) is 18.8 Å². The van der Waals surface area contributed by atoms with Gasteiger partial charge in [0.05, 0.1) is 13.2 Å². The number of thioether (sulfide) groups is 1. The Hall–Kier alpha value is -0.630. The maximum absolute atomic E-state index is 12.5. The molecule has 0 radical (unpaired) electrons. The smallest absolute Gasteiger partial charge is 0.332 e. The van der Waals surface area contributed by atoms with Crippen LogP contribution in [0.3, 0.4) is 0 Å². The highest BCUT2D eigenvalue weighted by Crippen LogP contribution is 2.36. The fraction of sp³-hybridized carbons (Fsp3) is 0.889. The number of ether oxygens (including phenoxy) is 1. The van der Waals surface area contributed by atoms with Crippen LogP contribution in [-0.4, -0.2) is 40.7 Å². The first-order valence-corrected chi connectivity index (χ1v) is 10.2. The Kier molecular flexibility index (Phi) is 10.7. The van der Waals surface area contributed by atoms with Gasteiger partial charge in [-0.2, -0.15) is 0 Å². The minimum absolute atomic E-state index is 0.0670. The van der Waals surface area contributed by atoms with Crippen LogP contribution in [0.2, 0.25) is 0 Å². The van der Waals surface area contributed by atoms with Crippen molar-refractivity contribution >= 4 is 22.8 Å². The number of aliphatic hydroxyl groups is 1. The van der Waals surface area contributed by atoms with E-state index in [1.54, 1.807) is 0 Å². The summed E-state index contributed by atoms with van der Waals surface area (Å²) < 4.78 is 4.64. The van der Waals surface area contributed by atoms with E-state index in [1.807, 2.05) is 6.92 Å². The van der Waals surface area contributed by atoms with Crippen LogP contribution in [-0.2, 0) is 14.3 Å². The summed E-state index contributed by atoms with van der Waals surface area (Å²) in [6.07, 6.45) is 8.12. The van der Waals surface area contributed by atoms with Gasteiger partial charge in [0.25, 0.3) is 0 Å². The highest BCUT2D eigenvalue weighted by atomic mass is 32.2. The third-order valence-electron chi connectivity index (χ3n) is 5.15. The van der Waals surface area contributed by atoms with E-state index in [4.69, 9.17) is 5.84 Å². The fourth-order valence-corrected chi connectivity index (χ4v) is 4.77. The molecule has 1 aliphatic carbocycles. The summed E-state index contributed by atoms with van der Waals surface area (Å²) in [6.45, 7) is 4.03. The average Bonchev–Trinajstić information content (AvgIpc) is 2.62. The van der Waals surface area contributed by atoms with Gasteiger partial charge in [-0.1, -0.05) is 57.7 Å². The second kappa shape index (κ2) is 11.9. The maximum Gasteiger partial charge on any atom is 0.332 e. The Morgan fingerprint density at radius 3 is 2.48 bits per heavy atom. The molecule has 4 unspecified atom stereocenters. The number of hydrogen-bond acceptors (Lipinski definition) is 7. The van der Waals surface area contributed by atoms with Crippen LogP contribution in [0.15, 0.2) is 0 Å².